The zero-order valence-electron chi connectivity index (χ0n) is 20.7. The Hall–Kier alpha value is -4.20. The Morgan fingerprint density at radius 1 is 1.22 bits per heavy atom. The largest absolute Gasteiger partial charge is 0.352 e. The van der Waals surface area contributed by atoms with Crippen molar-refractivity contribution in [3.8, 4) is 11.3 Å². The molecule has 0 atom stereocenters. The molecule has 0 unspecified atom stereocenters. The summed E-state index contributed by atoms with van der Waals surface area (Å²) in [5.74, 6) is -1.02. The number of allylic oxidation sites excluding steroid dienone is 6. The number of amides is 1. The van der Waals surface area contributed by atoms with Crippen LogP contribution in [0, 0.1) is 5.82 Å². The molecular formula is C28H29FN6O. The van der Waals surface area contributed by atoms with Crippen molar-refractivity contribution in [3.63, 3.8) is 0 Å². The Morgan fingerprint density at radius 2 is 2.06 bits per heavy atom. The van der Waals surface area contributed by atoms with Crippen LogP contribution < -0.4 is 5.32 Å². The van der Waals surface area contributed by atoms with Crippen molar-refractivity contribution in [1.29, 1.82) is 0 Å². The molecule has 0 aliphatic carbocycles. The van der Waals surface area contributed by atoms with Crippen LogP contribution in [0.1, 0.15) is 37.6 Å². The predicted molar refractivity (Wildman–Crippen MR) is 142 cm³/mol. The molecule has 0 radical (unpaired) electrons. The Kier molecular flexibility index (Phi) is 7.33. The maximum Gasteiger partial charge on any atom is 0.254 e. The SMILES string of the molecule is C=C1C=C(C(C)(C)n2nnc3ccc(-c4ccc(C(=O)NCCC)c(F)c4)nc32)/C=C\CN=C/C=C\1. The van der Waals surface area contributed by atoms with Gasteiger partial charge in [-0.2, -0.15) is 0 Å². The molecule has 1 aliphatic heterocycles. The Balaban J connectivity index is 1.72. The van der Waals surface area contributed by atoms with E-state index in [4.69, 9.17) is 4.98 Å². The Labute approximate surface area is 209 Å². The van der Waals surface area contributed by atoms with E-state index in [0.29, 0.717) is 35.5 Å². The van der Waals surface area contributed by atoms with Gasteiger partial charge in [-0.25, -0.2) is 14.1 Å². The fourth-order valence-electron chi connectivity index (χ4n) is 3.87. The summed E-state index contributed by atoms with van der Waals surface area (Å²) in [4.78, 5) is 21.3. The van der Waals surface area contributed by atoms with Gasteiger partial charge in [-0.1, -0.05) is 43.0 Å². The number of halogens is 1. The maximum absolute atomic E-state index is 14.8. The number of aromatic nitrogens is 4. The minimum Gasteiger partial charge on any atom is -0.352 e. The van der Waals surface area contributed by atoms with E-state index in [0.717, 1.165) is 17.6 Å². The first-order chi connectivity index (χ1) is 17.3. The van der Waals surface area contributed by atoms with E-state index < -0.39 is 17.3 Å². The Morgan fingerprint density at radius 3 is 2.83 bits per heavy atom. The summed E-state index contributed by atoms with van der Waals surface area (Å²) in [6.07, 6.45) is 12.3. The van der Waals surface area contributed by atoms with E-state index in [1.54, 1.807) is 23.0 Å². The number of fused-ring (bicyclic) bond motifs is 1. The third kappa shape index (κ3) is 5.22. The van der Waals surface area contributed by atoms with Crippen LogP contribution in [0.4, 0.5) is 4.39 Å². The van der Waals surface area contributed by atoms with Crippen molar-refractivity contribution < 1.29 is 9.18 Å². The molecule has 4 rings (SSSR count). The van der Waals surface area contributed by atoms with Crippen LogP contribution in [0.15, 0.2) is 83.4 Å². The summed E-state index contributed by atoms with van der Waals surface area (Å²) in [5.41, 5.74) is 3.47. The number of nitrogens with one attached hydrogen (secondary N) is 1. The van der Waals surface area contributed by atoms with Crippen molar-refractivity contribution in [2.45, 2.75) is 32.7 Å². The number of carbonyl (C=O) groups excluding carboxylic acids is 1. The highest BCUT2D eigenvalue weighted by atomic mass is 19.1. The molecular weight excluding hydrogens is 455 g/mol. The highest BCUT2D eigenvalue weighted by Gasteiger charge is 2.28. The first-order valence-corrected chi connectivity index (χ1v) is 11.9. The van der Waals surface area contributed by atoms with Gasteiger partial charge in [0.05, 0.1) is 23.3 Å². The first-order valence-electron chi connectivity index (χ1n) is 11.9. The molecule has 7 nitrogen and oxygen atoms in total. The van der Waals surface area contributed by atoms with Crippen molar-refractivity contribution in [1.82, 2.24) is 25.3 Å². The van der Waals surface area contributed by atoms with Crippen LogP contribution in [0.3, 0.4) is 0 Å². The van der Waals surface area contributed by atoms with Crippen LogP contribution in [-0.2, 0) is 5.54 Å². The number of benzene rings is 1. The monoisotopic (exact) mass is 484 g/mol. The van der Waals surface area contributed by atoms with Crippen LogP contribution in [0.2, 0.25) is 0 Å². The predicted octanol–water partition coefficient (Wildman–Crippen LogP) is 5.19. The second-order valence-corrected chi connectivity index (χ2v) is 9.00. The first kappa shape index (κ1) is 24.9. The quantitative estimate of drug-likeness (QED) is 0.522. The van der Waals surface area contributed by atoms with Gasteiger partial charge in [0, 0.05) is 18.3 Å². The van der Waals surface area contributed by atoms with E-state index in [2.05, 4.69) is 27.2 Å². The highest BCUT2D eigenvalue weighted by Crippen LogP contribution is 2.31. The van der Waals surface area contributed by atoms with Gasteiger partial charge in [0.2, 0.25) is 0 Å². The summed E-state index contributed by atoms with van der Waals surface area (Å²) in [6.45, 7) is 11.2. The van der Waals surface area contributed by atoms with Crippen LogP contribution >= 0.6 is 0 Å². The van der Waals surface area contributed by atoms with Crippen molar-refractivity contribution >= 4 is 23.3 Å². The standard InChI is InChI=1S/C28H29FN6O/c1-5-14-31-27(36)22-11-10-20(18-23(22)29)24-12-13-25-26(32-24)35(34-33-25)28(3,4)21-9-7-16-30-15-6-8-19(2)17-21/h6-13,15,17-18H,2,5,14,16H2,1,3-4H3,(H,31,36)/b8-6-,9-7-,21-17?,30-15?. The number of carbonyl (C=O) groups is 1. The van der Waals surface area contributed by atoms with Gasteiger partial charge >= 0.3 is 0 Å². The second-order valence-electron chi connectivity index (χ2n) is 9.00. The lowest BCUT2D eigenvalue weighted by Crippen LogP contribution is -2.30. The lowest BCUT2D eigenvalue weighted by molar-refractivity contribution is 0.0949. The zero-order chi connectivity index (χ0) is 25.7. The number of rotatable bonds is 6. The lowest BCUT2D eigenvalue weighted by atomic mass is 9.91. The van der Waals surface area contributed by atoms with Crippen molar-refractivity contribution in [2.24, 2.45) is 4.99 Å². The number of hydrogen-bond acceptors (Lipinski definition) is 5. The molecule has 3 aromatic rings. The van der Waals surface area contributed by atoms with E-state index in [9.17, 15) is 9.18 Å². The van der Waals surface area contributed by atoms with Gasteiger partial charge < -0.3 is 5.32 Å². The topological polar surface area (TPSA) is 85.1 Å². The fraction of sp³-hybridized carbons (Fsp3) is 0.250. The summed E-state index contributed by atoms with van der Waals surface area (Å²) in [7, 11) is 0. The molecule has 0 saturated carbocycles. The molecule has 3 heterocycles. The second kappa shape index (κ2) is 10.6. The molecule has 0 bridgehead atoms. The lowest BCUT2D eigenvalue weighted by Gasteiger charge is -2.27. The minimum atomic E-state index is -0.622. The normalized spacial score (nSPS) is 16.0. The third-order valence-electron chi connectivity index (χ3n) is 5.93. The molecule has 0 fully saturated rings. The molecule has 0 spiro atoms. The molecule has 1 amide bonds. The van der Waals surface area contributed by atoms with E-state index in [1.807, 2.05) is 57.2 Å². The fourth-order valence-corrected chi connectivity index (χ4v) is 3.87. The molecule has 2 aromatic heterocycles. The van der Waals surface area contributed by atoms with Crippen molar-refractivity contribution in [3.05, 3.63) is 89.8 Å². The summed E-state index contributed by atoms with van der Waals surface area (Å²) >= 11 is 0. The molecule has 1 N–H and O–H groups in total. The van der Waals surface area contributed by atoms with E-state index in [1.165, 1.54) is 12.1 Å². The number of nitrogens with zero attached hydrogens (tertiary/aromatic N) is 5. The molecule has 8 heteroatoms. The highest BCUT2D eigenvalue weighted by molar-refractivity contribution is 5.95. The van der Waals surface area contributed by atoms with Gasteiger partial charge in [-0.15, -0.1) is 5.10 Å². The summed E-state index contributed by atoms with van der Waals surface area (Å²) in [5, 5.41) is 11.4. The maximum atomic E-state index is 14.8. The number of pyridine rings is 1. The van der Waals surface area contributed by atoms with Gasteiger partial charge in [0.1, 0.15) is 11.3 Å². The van der Waals surface area contributed by atoms with Crippen LogP contribution in [-0.4, -0.2) is 45.2 Å². The van der Waals surface area contributed by atoms with Gasteiger partial charge in [-0.05, 0) is 67.8 Å². The van der Waals surface area contributed by atoms with E-state index >= 15 is 0 Å². The summed E-state index contributed by atoms with van der Waals surface area (Å²) in [6, 6.07) is 8.09. The number of aliphatic imine (C=N–C) groups is 1. The zero-order valence-corrected chi connectivity index (χ0v) is 20.7. The molecule has 0 saturated heterocycles. The average Bonchev–Trinajstić information content (AvgIpc) is 3.30. The molecule has 184 valence electrons. The molecule has 1 aromatic carbocycles. The summed E-state index contributed by atoms with van der Waals surface area (Å²) < 4.78 is 16.6. The average molecular weight is 485 g/mol. The van der Waals surface area contributed by atoms with Crippen LogP contribution in [0.25, 0.3) is 22.4 Å². The van der Waals surface area contributed by atoms with Gasteiger partial charge in [0.15, 0.2) is 5.65 Å². The minimum absolute atomic E-state index is 0.00876. The molecule has 36 heavy (non-hydrogen) atoms. The third-order valence-corrected chi connectivity index (χ3v) is 5.93. The van der Waals surface area contributed by atoms with Crippen LogP contribution in [0.5, 0.6) is 0 Å². The smallest absolute Gasteiger partial charge is 0.254 e. The van der Waals surface area contributed by atoms with Gasteiger partial charge in [0.25, 0.3) is 5.91 Å². The van der Waals surface area contributed by atoms with Crippen molar-refractivity contribution in [2.75, 3.05) is 13.1 Å². The number of hydrogen-bond donors (Lipinski definition) is 1. The van der Waals surface area contributed by atoms with Gasteiger partial charge in [-0.3, -0.25) is 9.79 Å². The Bertz CT molecular complexity index is 1430. The molecule has 1 aliphatic rings. The van der Waals surface area contributed by atoms with E-state index in [-0.39, 0.29) is 5.56 Å².